The summed E-state index contributed by atoms with van der Waals surface area (Å²) in [6.45, 7) is 0. The molecule has 0 atom stereocenters. The third-order valence-electron chi connectivity index (χ3n) is 2.19. The summed E-state index contributed by atoms with van der Waals surface area (Å²) in [6, 6.07) is 14.3. The Labute approximate surface area is 98.2 Å². The molecular formula is C12H12N2OSe. The van der Waals surface area contributed by atoms with E-state index in [0.29, 0.717) is 11.4 Å². The van der Waals surface area contributed by atoms with Crippen LogP contribution in [0.2, 0.25) is 0 Å². The second-order valence-corrected chi connectivity index (χ2v) is 6.51. The molecule has 0 bridgehead atoms. The first-order valence-electron chi connectivity index (χ1n) is 4.79. The van der Waals surface area contributed by atoms with Crippen molar-refractivity contribution in [3.05, 3.63) is 48.5 Å². The Kier molecular flexibility index (Phi) is 3.04. The van der Waals surface area contributed by atoms with Crippen molar-refractivity contribution in [2.24, 2.45) is 0 Å². The Morgan fingerprint density at radius 1 is 0.688 bits per heavy atom. The minimum atomic E-state index is -2.18. The van der Waals surface area contributed by atoms with Gasteiger partial charge in [0.05, 0.1) is 0 Å². The van der Waals surface area contributed by atoms with Gasteiger partial charge in [0.25, 0.3) is 0 Å². The molecule has 0 aliphatic heterocycles. The third kappa shape index (κ3) is 2.30. The molecule has 4 N–H and O–H groups in total. The van der Waals surface area contributed by atoms with Crippen LogP contribution in [0.4, 0.5) is 11.4 Å². The molecule has 0 fully saturated rings. The Morgan fingerprint density at radius 3 is 1.31 bits per heavy atom. The van der Waals surface area contributed by atoms with Crippen LogP contribution < -0.4 is 20.4 Å². The van der Waals surface area contributed by atoms with E-state index in [4.69, 9.17) is 11.5 Å². The Balaban J connectivity index is 2.32. The van der Waals surface area contributed by atoms with Crippen molar-refractivity contribution in [2.75, 3.05) is 11.5 Å². The Morgan fingerprint density at radius 2 is 1.00 bits per heavy atom. The van der Waals surface area contributed by atoms with E-state index in [2.05, 4.69) is 0 Å². The number of hydrogen-bond donors (Lipinski definition) is 2. The van der Waals surface area contributed by atoms with E-state index >= 15 is 0 Å². The molecule has 3 nitrogen and oxygen atoms in total. The van der Waals surface area contributed by atoms with Gasteiger partial charge in [-0.25, -0.2) is 0 Å². The zero-order chi connectivity index (χ0) is 11.5. The van der Waals surface area contributed by atoms with Crippen LogP contribution in [-0.2, 0) is 3.83 Å². The van der Waals surface area contributed by atoms with Gasteiger partial charge in [-0.15, -0.1) is 0 Å². The number of rotatable bonds is 2. The van der Waals surface area contributed by atoms with Gasteiger partial charge in [-0.3, -0.25) is 0 Å². The zero-order valence-corrected chi connectivity index (χ0v) is 10.3. The van der Waals surface area contributed by atoms with E-state index in [1.165, 1.54) is 0 Å². The van der Waals surface area contributed by atoms with Gasteiger partial charge in [-0.05, 0) is 0 Å². The van der Waals surface area contributed by atoms with Crippen LogP contribution in [0.3, 0.4) is 0 Å². The number of nitrogen functional groups attached to an aromatic ring is 2. The monoisotopic (exact) mass is 280 g/mol. The van der Waals surface area contributed by atoms with Crippen LogP contribution in [0, 0.1) is 0 Å². The van der Waals surface area contributed by atoms with Crippen molar-refractivity contribution in [1.29, 1.82) is 0 Å². The first kappa shape index (κ1) is 10.9. The van der Waals surface area contributed by atoms with Crippen molar-refractivity contribution in [3.63, 3.8) is 0 Å². The molecule has 16 heavy (non-hydrogen) atoms. The van der Waals surface area contributed by atoms with Gasteiger partial charge < -0.3 is 0 Å². The van der Waals surface area contributed by atoms with Gasteiger partial charge in [-0.2, -0.15) is 0 Å². The molecule has 0 heterocycles. The molecule has 4 heteroatoms. The van der Waals surface area contributed by atoms with Crippen molar-refractivity contribution in [3.8, 4) is 0 Å². The second kappa shape index (κ2) is 4.47. The Hall–Kier alpha value is -1.64. The standard InChI is InChI=1S/C12H12N2OSe/c13-9-1-5-11(6-2-9)16(15)12-7-3-10(14)4-8-12/h1-8H,13-14H2. The van der Waals surface area contributed by atoms with E-state index in [1.807, 2.05) is 24.3 Å². The summed E-state index contributed by atoms with van der Waals surface area (Å²) in [5.41, 5.74) is 12.5. The molecule has 0 aromatic heterocycles. The van der Waals surface area contributed by atoms with E-state index in [1.54, 1.807) is 24.3 Å². The van der Waals surface area contributed by atoms with Crippen LogP contribution in [0.25, 0.3) is 0 Å². The number of anilines is 2. The fraction of sp³-hybridized carbons (Fsp3) is 0. The first-order chi connectivity index (χ1) is 7.66. The molecule has 0 aliphatic rings. The third-order valence-corrected chi connectivity index (χ3v) is 5.13. The quantitative estimate of drug-likeness (QED) is 0.617. The summed E-state index contributed by atoms with van der Waals surface area (Å²) in [4.78, 5) is 0. The molecule has 0 aliphatic carbocycles. The van der Waals surface area contributed by atoms with Crippen molar-refractivity contribution in [1.82, 2.24) is 0 Å². The van der Waals surface area contributed by atoms with Gasteiger partial charge >= 0.3 is 98.0 Å². The first-order valence-corrected chi connectivity index (χ1v) is 7.21. The predicted molar refractivity (Wildman–Crippen MR) is 67.4 cm³/mol. The normalized spacial score (nSPS) is 10.6. The van der Waals surface area contributed by atoms with E-state index in [-0.39, 0.29) is 0 Å². The van der Waals surface area contributed by atoms with Gasteiger partial charge in [-0.1, -0.05) is 0 Å². The maximum atomic E-state index is 12.2. The molecule has 0 saturated carbocycles. The summed E-state index contributed by atoms with van der Waals surface area (Å²) in [5, 5.41) is 0. The van der Waals surface area contributed by atoms with Crippen molar-refractivity contribution in [2.45, 2.75) is 0 Å². The average Bonchev–Trinajstić information content (AvgIpc) is 2.30. The predicted octanol–water partition coefficient (Wildman–Crippen LogP) is 0.387. The Bertz CT molecular complexity index is 458. The van der Waals surface area contributed by atoms with Gasteiger partial charge in [0.15, 0.2) is 0 Å². The number of hydrogen-bond acceptors (Lipinski definition) is 3. The SMILES string of the molecule is Nc1ccc([Se](=O)c2ccc(N)cc2)cc1. The molecule has 0 unspecified atom stereocenters. The van der Waals surface area contributed by atoms with Crippen molar-refractivity contribution < 1.29 is 3.83 Å². The van der Waals surface area contributed by atoms with Crippen LogP contribution in [-0.4, -0.2) is 13.8 Å². The fourth-order valence-electron chi connectivity index (χ4n) is 1.32. The topological polar surface area (TPSA) is 69.1 Å². The van der Waals surface area contributed by atoms with Crippen LogP contribution in [0.1, 0.15) is 0 Å². The zero-order valence-electron chi connectivity index (χ0n) is 8.59. The van der Waals surface area contributed by atoms with Gasteiger partial charge in [0.2, 0.25) is 0 Å². The molecule has 0 radical (unpaired) electrons. The van der Waals surface area contributed by atoms with E-state index < -0.39 is 13.8 Å². The van der Waals surface area contributed by atoms with E-state index in [0.717, 1.165) is 8.92 Å². The fourth-order valence-corrected chi connectivity index (χ4v) is 3.50. The van der Waals surface area contributed by atoms with Crippen LogP contribution in [0.15, 0.2) is 48.5 Å². The van der Waals surface area contributed by atoms with Crippen molar-refractivity contribution >= 4 is 34.1 Å². The second-order valence-electron chi connectivity index (χ2n) is 3.41. The van der Waals surface area contributed by atoms with Crippen LogP contribution >= 0.6 is 0 Å². The summed E-state index contributed by atoms with van der Waals surface area (Å²) in [7, 11) is 0. The molecule has 0 spiro atoms. The number of benzene rings is 2. The summed E-state index contributed by atoms with van der Waals surface area (Å²) in [5.74, 6) is 0. The molecule has 82 valence electrons. The van der Waals surface area contributed by atoms with E-state index in [9.17, 15) is 3.83 Å². The van der Waals surface area contributed by atoms with Gasteiger partial charge in [0, 0.05) is 0 Å². The summed E-state index contributed by atoms with van der Waals surface area (Å²) < 4.78 is 13.9. The molecule has 2 aromatic rings. The van der Waals surface area contributed by atoms with Gasteiger partial charge in [0.1, 0.15) is 0 Å². The molecule has 0 amide bonds. The molecule has 2 rings (SSSR count). The summed E-state index contributed by atoms with van der Waals surface area (Å²) in [6.07, 6.45) is 0. The maximum absolute atomic E-state index is 12.2. The average molecular weight is 279 g/mol. The molecule has 0 saturated heterocycles. The van der Waals surface area contributed by atoms with Crippen LogP contribution in [0.5, 0.6) is 0 Å². The number of nitrogens with two attached hydrogens (primary N) is 2. The molecule has 2 aromatic carbocycles. The molecular weight excluding hydrogens is 267 g/mol. The minimum absolute atomic E-state index is 0.680. The summed E-state index contributed by atoms with van der Waals surface area (Å²) >= 11 is -2.18.